The van der Waals surface area contributed by atoms with Crippen LogP contribution in [0.3, 0.4) is 0 Å². The highest BCUT2D eigenvalue weighted by atomic mass is 15.1. The first-order valence-electron chi connectivity index (χ1n) is 20.0. The predicted molar refractivity (Wildman–Crippen MR) is 231 cm³/mol. The summed E-state index contributed by atoms with van der Waals surface area (Å²) in [6.07, 6.45) is 12.0. The van der Waals surface area contributed by atoms with Gasteiger partial charge in [-0.3, -0.25) is 0 Å². The van der Waals surface area contributed by atoms with Gasteiger partial charge in [0.1, 0.15) is 0 Å². The molecule has 4 aliphatic rings. The summed E-state index contributed by atoms with van der Waals surface area (Å²) in [5.41, 5.74) is 19.2. The number of benzene rings is 7. The van der Waals surface area contributed by atoms with Crippen molar-refractivity contribution in [1.82, 2.24) is 4.57 Å². The number of hydrogen-bond donors (Lipinski definition) is 0. The smallest absolute Gasteiger partial charge is 0.0648 e. The lowest BCUT2D eigenvalue weighted by Gasteiger charge is -2.36. The Morgan fingerprint density at radius 1 is 0.509 bits per heavy atom. The van der Waals surface area contributed by atoms with E-state index >= 15 is 0 Å². The highest BCUT2D eigenvalue weighted by Gasteiger charge is 2.53. The maximum Gasteiger partial charge on any atom is 0.0648 e. The van der Waals surface area contributed by atoms with Gasteiger partial charge in [-0.15, -0.1) is 0 Å². The fraction of sp³-hybridized carbons (Fsp3) is 0.132. The average molecular weight is 705 g/mol. The SMILES string of the molecule is C1=CC2=C(CC1)C1(C3=C(CCCC3)c3ccccc31)c1ccc(N(c3ccc4c5ccccc5n(-c5ccccc5)c4c3)c3cccc4ccccc34)cc12. The molecule has 4 aliphatic carbocycles. The number of allylic oxidation sites excluding steroid dienone is 6. The van der Waals surface area contributed by atoms with Crippen LogP contribution in [-0.2, 0) is 5.41 Å². The van der Waals surface area contributed by atoms with Crippen LogP contribution in [0.5, 0.6) is 0 Å². The van der Waals surface area contributed by atoms with Gasteiger partial charge in [0.05, 0.1) is 22.1 Å². The van der Waals surface area contributed by atoms with Crippen LogP contribution >= 0.6 is 0 Å². The quantitative estimate of drug-likeness (QED) is 0.177. The minimum atomic E-state index is -0.153. The summed E-state index contributed by atoms with van der Waals surface area (Å²) in [5.74, 6) is 0. The van der Waals surface area contributed by atoms with E-state index in [9.17, 15) is 0 Å². The van der Waals surface area contributed by atoms with E-state index in [0.717, 1.165) is 18.5 Å². The van der Waals surface area contributed by atoms with Gasteiger partial charge in [-0.05, 0) is 137 Å². The predicted octanol–water partition coefficient (Wildman–Crippen LogP) is 14.2. The topological polar surface area (TPSA) is 8.17 Å². The van der Waals surface area contributed by atoms with Crippen LogP contribution in [0, 0.1) is 0 Å². The summed E-state index contributed by atoms with van der Waals surface area (Å²) in [5, 5.41) is 5.01. The van der Waals surface area contributed by atoms with Gasteiger partial charge in [0, 0.05) is 33.2 Å². The molecule has 1 unspecified atom stereocenters. The molecule has 1 heterocycles. The Bertz CT molecular complexity index is 2980. The molecule has 1 aromatic heterocycles. The summed E-state index contributed by atoms with van der Waals surface area (Å²) >= 11 is 0. The summed E-state index contributed by atoms with van der Waals surface area (Å²) < 4.78 is 2.43. The minimum Gasteiger partial charge on any atom is -0.310 e. The van der Waals surface area contributed by atoms with Crippen LogP contribution in [0.2, 0.25) is 0 Å². The molecular weight excluding hydrogens is 665 g/mol. The van der Waals surface area contributed by atoms with Crippen molar-refractivity contribution < 1.29 is 0 Å². The second-order valence-corrected chi connectivity index (χ2v) is 15.7. The van der Waals surface area contributed by atoms with E-state index in [0.29, 0.717) is 0 Å². The molecule has 1 atom stereocenters. The lowest BCUT2D eigenvalue weighted by molar-refractivity contribution is 0.615. The fourth-order valence-electron chi connectivity index (χ4n) is 11.0. The van der Waals surface area contributed by atoms with E-state index < -0.39 is 0 Å². The Morgan fingerprint density at radius 3 is 2.18 bits per heavy atom. The first-order chi connectivity index (χ1) is 27.3. The van der Waals surface area contributed by atoms with E-state index in [1.807, 2.05) is 0 Å². The van der Waals surface area contributed by atoms with Gasteiger partial charge in [-0.25, -0.2) is 0 Å². The Hall–Kier alpha value is -6.38. The monoisotopic (exact) mass is 704 g/mol. The Labute approximate surface area is 322 Å². The molecular formula is C53H40N2. The van der Waals surface area contributed by atoms with Crippen molar-refractivity contribution in [2.75, 3.05) is 4.90 Å². The summed E-state index contributed by atoms with van der Waals surface area (Å²) in [6.45, 7) is 0. The molecule has 12 rings (SSSR count). The zero-order chi connectivity index (χ0) is 36.1. The van der Waals surface area contributed by atoms with Crippen LogP contribution in [0.1, 0.15) is 60.8 Å². The van der Waals surface area contributed by atoms with E-state index in [2.05, 4.69) is 179 Å². The number of hydrogen-bond acceptors (Lipinski definition) is 1. The van der Waals surface area contributed by atoms with Gasteiger partial charge in [0.25, 0.3) is 0 Å². The molecule has 262 valence electrons. The van der Waals surface area contributed by atoms with Gasteiger partial charge in [0.15, 0.2) is 0 Å². The molecule has 0 N–H and O–H groups in total. The molecule has 0 saturated carbocycles. The van der Waals surface area contributed by atoms with Crippen molar-refractivity contribution >= 4 is 60.8 Å². The molecule has 0 aliphatic heterocycles. The molecule has 0 fully saturated rings. The molecule has 8 aromatic rings. The van der Waals surface area contributed by atoms with Gasteiger partial charge < -0.3 is 9.47 Å². The highest BCUT2D eigenvalue weighted by molar-refractivity contribution is 6.11. The van der Waals surface area contributed by atoms with Crippen molar-refractivity contribution in [2.24, 2.45) is 0 Å². The van der Waals surface area contributed by atoms with Gasteiger partial charge in [-0.1, -0.05) is 121 Å². The average Bonchev–Trinajstić information content (AvgIpc) is 3.86. The number of rotatable bonds is 4. The second kappa shape index (κ2) is 11.8. The van der Waals surface area contributed by atoms with Gasteiger partial charge in [-0.2, -0.15) is 0 Å². The molecule has 1 spiro atoms. The van der Waals surface area contributed by atoms with Crippen molar-refractivity contribution in [1.29, 1.82) is 0 Å². The summed E-state index contributed by atoms with van der Waals surface area (Å²) in [6, 6.07) is 59.1. The molecule has 7 aromatic carbocycles. The maximum atomic E-state index is 2.53. The first kappa shape index (κ1) is 31.0. The van der Waals surface area contributed by atoms with Gasteiger partial charge in [0.2, 0.25) is 0 Å². The van der Waals surface area contributed by atoms with Crippen LogP contribution < -0.4 is 4.90 Å². The first-order valence-corrected chi connectivity index (χ1v) is 20.0. The van der Waals surface area contributed by atoms with Crippen molar-refractivity contribution in [3.05, 3.63) is 203 Å². The molecule has 2 nitrogen and oxygen atoms in total. The molecule has 2 heteroatoms. The third-order valence-corrected chi connectivity index (χ3v) is 13.1. The number of anilines is 3. The fourth-order valence-corrected chi connectivity index (χ4v) is 11.0. The minimum absolute atomic E-state index is 0.153. The Balaban J connectivity index is 1.13. The largest absolute Gasteiger partial charge is 0.310 e. The van der Waals surface area contributed by atoms with E-state index in [4.69, 9.17) is 0 Å². The van der Waals surface area contributed by atoms with E-state index in [1.54, 1.807) is 16.7 Å². The van der Waals surface area contributed by atoms with Crippen molar-refractivity contribution in [2.45, 2.75) is 43.9 Å². The van der Waals surface area contributed by atoms with E-state index in [1.165, 1.54) is 103 Å². The zero-order valence-corrected chi connectivity index (χ0v) is 30.8. The molecule has 0 bridgehead atoms. The number of para-hydroxylation sites is 2. The van der Waals surface area contributed by atoms with Gasteiger partial charge >= 0.3 is 0 Å². The van der Waals surface area contributed by atoms with Crippen molar-refractivity contribution in [3.63, 3.8) is 0 Å². The van der Waals surface area contributed by atoms with Crippen LogP contribution in [0.25, 0.3) is 49.4 Å². The molecule has 0 radical (unpaired) electrons. The number of fused-ring (bicyclic) bond motifs is 12. The van der Waals surface area contributed by atoms with Crippen LogP contribution in [-0.4, -0.2) is 4.57 Å². The normalized spacial score (nSPS) is 18.3. The number of aromatic nitrogens is 1. The maximum absolute atomic E-state index is 2.53. The molecule has 0 amide bonds. The highest BCUT2D eigenvalue weighted by Crippen LogP contribution is 2.65. The summed E-state index contributed by atoms with van der Waals surface area (Å²) in [4.78, 5) is 2.51. The summed E-state index contributed by atoms with van der Waals surface area (Å²) in [7, 11) is 0. The second-order valence-electron chi connectivity index (χ2n) is 15.7. The Morgan fingerprint density at radius 2 is 1.24 bits per heavy atom. The van der Waals surface area contributed by atoms with Crippen LogP contribution in [0.15, 0.2) is 181 Å². The van der Waals surface area contributed by atoms with Crippen LogP contribution in [0.4, 0.5) is 17.1 Å². The molecule has 55 heavy (non-hydrogen) atoms. The lowest BCUT2D eigenvalue weighted by atomic mass is 9.65. The third-order valence-electron chi connectivity index (χ3n) is 13.1. The number of nitrogens with zero attached hydrogens (tertiary/aromatic N) is 2. The lowest BCUT2D eigenvalue weighted by Crippen LogP contribution is -2.29. The van der Waals surface area contributed by atoms with Crippen molar-refractivity contribution in [3.8, 4) is 5.69 Å². The molecule has 0 saturated heterocycles. The zero-order valence-electron chi connectivity index (χ0n) is 30.8. The van der Waals surface area contributed by atoms with E-state index in [-0.39, 0.29) is 5.41 Å². The third kappa shape index (κ3) is 4.25. The Kier molecular flexibility index (Phi) is 6.66. The standard InChI is InChI=1S/C53H40N2/c1-2-17-36(18-3-1)55-51-27-13-9-23-43(51)44-31-29-38(34-52(44)55)54(50-28-14-16-35-15-4-5-19-39(35)50)37-30-32-49-45(33-37)42-22-8-12-26-48(42)53(49)46-24-10-6-20-40(46)41-21-7-11-25-47(41)53/h1-6,8-10,13-20,22-24,27-34H,7,11-12,21,25-26H2.